The number of hydrogen-bond donors (Lipinski definition) is 1. The van der Waals surface area contributed by atoms with Crippen LogP contribution in [0.4, 0.5) is 5.82 Å². The molecular formula is C14H20ClN5. The largest absolute Gasteiger partial charge is 0.366 e. The van der Waals surface area contributed by atoms with E-state index in [1.807, 2.05) is 27.0 Å². The highest BCUT2D eigenvalue weighted by Crippen LogP contribution is 2.25. The lowest BCUT2D eigenvalue weighted by molar-refractivity contribution is 0.712. The number of nitrogens with zero attached hydrogens (tertiary/aromatic N) is 4. The Morgan fingerprint density at radius 2 is 2.00 bits per heavy atom. The second kappa shape index (κ2) is 5.79. The van der Waals surface area contributed by atoms with Gasteiger partial charge in [0.1, 0.15) is 16.8 Å². The lowest BCUT2D eigenvalue weighted by atomic mass is 10.1. The summed E-state index contributed by atoms with van der Waals surface area (Å²) in [5.41, 5.74) is 2.99. The molecule has 6 heteroatoms. The number of nitrogens with one attached hydrogen (secondary N) is 1. The molecule has 20 heavy (non-hydrogen) atoms. The Balaban J connectivity index is 2.22. The lowest BCUT2D eigenvalue weighted by Gasteiger charge is -2.09. The zero-order valence-corrected chi connectivity index (χ0v) is 13.3. The topological polar surface area (TPSA) is 55.6 Å². The van der Waals surface area contributed by atoms with Gasteiger partial charge in [-0.25, -0.2) is 9.97 Å². The van der Waals surface area contributed by atoms with Gasteiger partial charge in [0.15, 0.2) is 0 Å². The number of halogens is 1. The highest BCUT2D eigenvalue weighted by atomic mass is 35.5. The molecule has 0 aliphatic carbocycles. The third-order valence-electron chi connectivity index (χ3n) is 3.06. The molecule has 0 spiro atoms. The third-order valence-corrected chi connectivity index (χ3v) is 3.53. The Kier molecular flexibility index (Phi) is 4.28. The average molecular weight is 294 g/mol. The normalized spacial score (nSPS) is 11.2. The van der Waals surface area contributed by atoms with E-state index >= 15 is 0 Å². The molecule has 0 amide bonds. The number of anilines is 1. The van der Waals surface area contributed by atoms with E-state index in [9.17, 15) is 0 Å². The molecule has 5 nitrogen and oxygen atoms in total. The minimum Gasteiger partial charge on any atom is -0.366 e. The van der Waals surface area contributed by atoms with Crippen molar-refractivity contribution in [3.8, 4) is 0 Å². The minimum atomic E-state index is 0.333. The first kappa shape index (κ1) is 14.8. The van der Waals surface area contributed by atoms with Crippen LogP contribution in [-0.4, -0.2) is 19.7 Å². The van der Waals surface area contributed by atoms with Gasteiger partial charge in [-0.3, -0.25) is 4.68 Å². The van der Waals surface area contributed by atoms with Gasteiger partial charge in [-0.15, -0.1) is 0 Å². The summed E-state index contributed by atoms with van der Waals surface area (Å²) in [6, 6.07) is 1.92. The van der Waals surface area contributed by atoms with Crippen LogP contribution >= 0.6 is 11.6 Å². The predicted octanol–water partition coefficient (Wildman–Crippen LogP) is 3.22. The first-order chi connectivity index (χ1) is 9.38. The zero-order valence-electron chi connectivity index (χ0n) is 12.5. The quantitative estimate of drug-likeness (QED) is 0.940. The Hall–Kier alpha value is -1.62. The van der Waals surface area contributed by atoms with Gasteiger partial charge < -0.3 is 5.32 Å². The standard InChI is InChI=1S/C14H20ClN5/c1-8(2)13-11(14(15)20(5)19-13)7-16-12-6-9(3)17-10(4)18-12/h6,8H,7H2,1-5H3,(H,16,17,18). The van der Waals surface area contributed by atoms with Crippen LogP contribution in [0.25, 0.3) is 0 Å². The van der Waals surface area contributed by atoms with E-state index in [1.165, 1.54) is 0 Å². The summed E-state index contributed by atoms with van der Waals surface area (Å²) in [6.45, 7) is 8.67. The van der Waals surface area contributed by atoms with Crippen molar-refractivity contribution in [1.29, 1.82) is 0 Å². The van der Waals surface area contributed by atoms with Gasteiger partial charge in [0.25, 0.3) is 0 Å². The molecule has 0 atom stereocenters. The molecular weight excluding hydrogens is 274 g/mol. The molecule has 1 N–H and O–H groups in total. The maximum atomic E-state index is 6.31. The van der Waals surface area contributed by atoms with Crippen LogP contribution in [0.3, 0.4) is 0 Å². The maximum absolute atomic E-state index is 6.31. The van der Waals surface area contributed by atoms with E-state index in [0.29, 0.717) is 17.6 Å². The summed E-state index contributed by atoms with van der Waals surface area (Å²) in [7, 11) is 1.86. The molecule has 0 fully saturated rings. The number of aromatic nitrogens is 4. The van der Waals surface area contributed by atoms with Crippen LogP contribution < -0.4 is 5.32 Å². The Labute approximate surface area is 124 Å². The van der Waals surface area contributed by atoms with Crippen LogP contribution in [-0.2, 0) is 13.6 Å². The second-order valence-corrected chi connectivity index (χ2v) is 5.59. The van der Waals surface area contributed by atoms with Gasteiger partial charge in [0.2, 0.25) is 0 Å². The van der Waals surface area contributed by atoms with E-state index in [2.05, 4.69) is 34.2 Å². The van der Waals surface area contributed by atoms with Crippen LogP contribution in [0.5, 0.6) is 0 Å². The Morgan fingerprint density at radius 1 is 1.30 bits per heavy atom. The molecule has 0 aliphatic heterocycles. The van der Waals surface area contributed by atoms with Gasteiger partial charge >= 0.3 is 0 Å². The summed E-state index contributed by atoms with van der Waals surface area (Å²) in [5, 5.41) is 8.44. The molecule has 0 aromatic carbocycles. The van der Waals surface area contributed by atoms with Crippen molar-refractivity contribution in [3.63, 3.8) is 0 Å². The van der Waals surface area contributed by atoms with E-state index in [0.717, 1.165) is 28.6 Å². The molecule has 0 saturated carbocycles. The highest BCUT2D eigenvalue weighted by Gasteiger charge is 2.17. The van der Waals surface area contributed by atoms with Crippen molar-refractivity contribution in [2.24, 2.45) is 7.05 Å². The molecule has 2 aromatic rings. The summed E-state index contributed by atoms with van der Waals surface area (Å²) in [6.07, 6.45) is 0. The summed E-state index contributed by atoms with van der Waals surface area (Å²) in [4.78, 5) is 8.63. The smallest absolute Gasteiger partial charge is 0.131 e. The molecule has 0 unspecified atom stereocenters. The van der Waals surface area contributed by atoms with Gasteiger partial charge in [-0.05, 0) is 19.8 Å². The van der Waals surface area contributed by atoms with Gasteiger partial charge in [0, 0.05) is 30.9 Å². The predicted molar refractivity (Wildman–Crippen MR) is 81.1 cm³/mol. The fourth-order valence-corrected chi connectivity index (χ4v) is 2.38. The van der Waals surface area contributed by atoms with Crippen molar-refractivity contribution in [2.45, 2.75) is 40.2 Å². The molecule has 0 aliphatic rings. The number of aryl methyl sites for hydroxylation is 3. The first-order valence-corrected chi connectivity index (χ1v) is 7.03. The van der Waals surface area contributed by atoms with Gasteiger partial charge in [-0.2, -0.15) is 5.10 Å². The second-order valence-electron chi connectivity index (χ2n) is 5.23. The molecule has 2 rings (SSSR count). The summed E-state index contributed by atoms with van der Waals surface area (Å²) >= 11 is 6.31. The molecule has 0 bridgehead atoms. The van der Waals surface area contributed by atoms with Crippen molar-refractivity contribution >= 4 is 17.4 Å². The van der Waals surface area contributed by atoms with E-state index in [1.54, 1.807) is 4.68 Å². The van der Waals surface area contributed by atoms with E-state index in [4.69, 9.17) is 11.6 Å². The lowest BCUT2D eigenvalue weighted by Crippen LogP contribution is -2.06. The Bertz CT molecular complexity index is 598. The molecule has 2 heterocycles. The fraction of sp³-hybridized carbons (Fsp3) is 0.500. The van der Waals surface area contributed by atoms with Crippen LogP contribution in [0.1, 0.15) is 42.5 Å². The van der Waals surface area contributed by atoms with Gasteiger partial charge in [0.05, 0.1) is 5.69 Å². The van der Waals surface area contributed by atoms with Crippen LogP contribution in [0.15, 0.2) is 6.07 Å². The van der Waals surface area contributed by atoms with E-state index < -0.39 is 0 Å². The van der Waals surface area contributed by atoms with Gasteiger partial charge in [-0.1, -0.05) is 25.4 Å². The van der Waals surface area contributed by atoms with Crippen molar-refractivity contribution in [1.82, 2.24) is 19.7 Å². The SMILES string of the molecule is Cc1cc(NCc2c(C(C)C)nn(C)c2Cl)nc(C)n1. The molecule has 2 aromatic heterocycles. The number of hydrogen-bond acceptors (Lipinski definition) is 4. The third kappa shape index (κ3) is 3.10. The Morgan fingerprint density at radius 3 is 2.60 bits per heavy atom. The zero-order chi connectivity index (χ0) is 14.9. The molecule has 0 radical (unpaired) electrons. The highest BCUT2D eigenvalue weighted by molar-refractivity contribution is 6.30. The summed E-state index contributed by atoms with van der Waals surface area (Å²) in [5.74, 6) is 1.90. The molecule has 108 valence electrons. The van der Waals surface area contributed by atoms with Crippen molar-refractivity contribution < 1.29 is 0 Å². The van der Waals surface area contributed by atoms with E-state index in [-0.39, 0.29) is 0 Å². The molecule has 0 saturated heterocycles. The minimum absolute atomic E-state index is 0.333. The number of rotatable bonds is 4. The van der Waals surface area contributed by atoms with Crippen molar-refractivity contribution in [3.05, 3.63) is 34.0 Å². The monoisotopic (exact) mass is 293 g/mol. The van der Waals surface area contributed by atoms with Crippen molar-refractivity contribution in [2.75, 3.05) is 5.32 Å². The fourth-order valence-electron chi connectivity index (χ4n) is 2.18. The average Bonchev–Trinajstić information content (AvgIpc) is 2.62. The van der Waals surface area contributed by atoms with Crippen LogP contribution in [0.2, 0.25) is 5.15 Å². The summed E-state index contributed by atoms with van der Waals surface area (Å²) < 4.78 is 1.71. The maximum Gasteiger partial charge on any atom is 0.131 e. The first-order valence-electron chi connectivity index (χ1n) is 6.66. The van der Waals surface area contributed by atoms with Crippen LogP contribution in [0, 0.1) is 13.8 Å².